The maximum Gasteiger partial charge on any atom is 0.322 e. The molecule has 9 nitrogen and oxygen atoms in total. The van der Waals surface area contributed by atoms with Gasteiger partial charge in [-0.05, 0) is 6.92 Å². The number of aliphatic carboxylic acids is 1. The molecule has 0 bridgehead atoms. The van der Waals surface area contributed by atoms with Crippen LogP contribution in [0.2, 0.25) is 0 Å². The molecule has 0 fully saturated rings. The molecular formula is C10H18N4O5S. The molecule has 0 rings (SSSR count). The van der Waals surface area contributed by atoms with Crippen LogP contribution in [-0.4, -0.2) is 59.7 Å². The number of nitrogens with two attached hydrogens (primary N) is 1. The molecule has 0 saturated heterocycles. The number of thiol groups is 1. The van der Waals surface area contributed by atoms with Crippen molar-refractivity contribution in [3.63, 3.8) is 0 Å². The second kappa shape index (κ2) is 9.15. The summed E-state index contributed by atoms with van der Waals surface area (Å²) in [6, 6.07) is -2.93. The fraction of sp³-hybridized carbons (Fsp3) is 0.600. The van der Waals surface area contributed by atoms with Crippen molar-refractivity contribution in [1.29, 1.82) is 0 Å². The first-order chi connectivity index (χ1) is 9.27. The van der Waals surface area contributed by atoms with E-state index in [4.69, 9.17) is 10.8 Å². The number of ketones is 1. The van der Waals surface area contributed by atoms with Crippen molar-refractivity contribution < 1.29 is 24.3 Å². The van der Waals surface area contributed by atoms with E-state index in [1.54, 1.807) is 0 Å². The van der Waals surface area contributed by atoms with E-state index < -0.39 is 30.0 Å². The summed E-state index contributed by atoms with van der Waals surface area (Å²) in [5.41, 5.74) is 5.19. The summed E-state index contributed by atoms with van der Waals surface area (Å²) in [5.74, 6) is -2.03. The maximum atomic E-state index is 11.6. The van der Waals surface area contributed by atoms with E-state index in [9.17, 15) is 19.2 Å². The minimum absolute atomic E-state index is 0.0160. The van der Waals surface area contributed by atoms with E-state index in [-0.39, 0.29) is 24.6 Å². The topological polar surface area (TPSA) is 151 Å². The van der Waals surface area contributed by atoms with Crippen molar-refractivity contribution in [3.05, 3.63) is 0 Å². The second-order valence-corrected chi connectivity index (χ2v) is 4.32. The van der Waals surface area contributed by atoms with Gasteiger partial charge in [-0.1, -0.05) is 0 Å². The lowest BCUT2D eigenvalue weighted by atomic mass is 10.3. The number of nitrogens with one attached hydrogen (secondary N) is 3. The quantitative estimate of drug-likeness (QED) is 0.278. The highest BCUT2D eigenvalue weighted by Gasteiger charge is 2.20. The molecule has 10 heteroatoms. The molecule has 0 aliphatic heterocycles. The standard InChI is InChI=1S/C10H18N4O5S/c1-5(15)2-12-8(16)7(4-20)14-10(19)13-3-6(11)9(17)18/h6-7,20H,2-4,11H2,1H3,(H,12,16)(H,17,18)(H2,13,14,19)/t6-,7-/m0/s1. The molecule has 0 aromatic rings. The molecule has 2 atom stereocenters. The summed E-state index contributed by atoms with van der Waals surface area (Å²) in [5, 5.41) is 15.3. The van der Waals surface area contributed by atoms with Gasteiger partial charge in [-0.25, -0.2) is 4.79 Å². The van der Waals surface area contributed by atoms with Crippen LogP contribution >= 0.6 is 12.6 Å². The molecule has 0 unspecified atom stereocenters. The van der Waals surface area contributed by atoms with Crippen LogP contribution in [0.5, 0.6) is 0 Å². The average Bonchev–Trinajstić information content (AvgIpc) is 2.38. The lowest BCUT2D eigenvalue weighted by Crippen LogP contribution is -2.53. The molecule has 0 radical (unpaired) electrons. The number of urea groups is 1. The van der Waals surface area contributed by atoms with Gasteiger partial charge < -0.3 is 26.8 Å². The van der Waals surface area contributed by atoms with E-state index in [0.29, 0.717) is 0 Å². The summed E-state index contributed by atoms with van der Waals surface area (Å²) in [7, 11) is 0. The fourth-order valence-electron chi connectivity index (χ4n) is 1.03. The Hall–Kier alpha value is -1.81. The molecule has 0 aromatic carbocycles. The van der Waals surface area contributed by atoms with Crippen LogP contribution in [0, 0.1) is 0 Å². The number of amides is 3. The SMILES string of the molecule is CC(=O)CNC(=O)[C@H](CS)NC(=O)NC[C@H](N)C(=O)O. The third kappa shape index (κ3) is 7.59. The van der Waals surface area contributed by atoms with Gasteiger partial charge in [0.2, 0.25) is 5.91 Å². The molecule has 0 saturated carbocycles. The van der Waals surface area contributed by atoms with Gasteiger partial charge in [0.05, 0.1) is 6.54 Å². The Labute approximate surface area is 121 Å². The Morgan fingerprint density at radius 2 is 1.85 bits per heavy atom. The zero-order valence-electron chi connectivity index (χ0n) is 10.9. The number of hydrogen-bond donors (Lipinski definition) is 6. The van der Waals surface area contributed by atoms with Crippen molar-refractivity contribution >= 4 is 36.3 Å². The Morgan fingerprint density at radius 1 is 1.25 bits per heavy atom. The monoisotopic (exact) mass is 306 g/mol. The zero-order chi connectivity index (χ0) is 15.7. The van der Waals surface area contributed by atoms with Crippen molar-refractivity contribution in [2.24, 2.45) is 5.73 Å². The lowest BCUT2D eigenvalue weighted by Gasteiger charge is -2.17. The van der Waals surface area contributed by atoms with Crippen LogP contribution in [0.15, 0.2) is 0 Å². The smallest absolute Gasteiger partial charge is 0.322 e. The minimum Gasteiger partial charge on any atom is -0.480 e. The Kier molecular flexibility index (Phi) is 8.32. The summed E-state index contributed by atoms with van der Waals surface area (Å²) >= 11 is 3.91. The average molecular weight is 306 g/mol. The van der Waals surface area contributed by atoms with Gasteiger partial charge in [-0.15, -0.1) is 0 Å². The van der Waals surface area contributed by atoms with Gasteiger partial charge in [-0.3, -0.25) is 14.4 Å². The molecule has 114 valence electrons. The summed E-state index contributed by atoms with van der Waals surface area (Å²) in [4.78, 5) is 44.2. The number of carbonyl (C=O) groups excluding carboxylic acids is 3. The number of carboxylic acid groups (broad SMARTS) is 1. The Balaban J connectivity index is 4.21. The van der Waals surface area contributed by atoms with Crippen LogP contribution in [0.3, 0.4) is 0 Å². The van der Waals surface area contributed by atoms with E-state index in [1.165, 1.54) is 6.92 Å². The van der Waals surface area contributed by atoms with Crippen molar-refractivity contribution in [3.8, 4) is 0 Å². The molecular weight excluding hydrogens is 288 g/mol. The van der Waals surface area contributed by atoms with Crippen LogP contribution in [-0.2, 0) is 14.4 Å². The van der Waals surface area contributed by atoms with Crippen molar-refractivity contribution in [1.82, 2.24) is 16.0 Å². The number of carboxylic acids is 1. The highest BCUT2D eigenvalue weighted by Crippen LogP contribution is 1.89. The lowest BCUT2D eigenvalue weighted by molar-refractivity contribution is -0.138. The highest BCUT2D eigenvalue weighted by atomic mass is 32.1. The Morgan fingerprint density at radius 3 is 2.30 bits per heavy atom. The first-order valence-electron chi connectivity index (χ1n) is 5.68. The molecule has 6 N–H and O–H groups in total. The first-order valence-corrected chi connectivity index (χ1v) is 6.32. The minimum atomic E-state index is -1.25. The number of Topliss-reactive ketones (excluding diaryl/α,β-unsaturated/α-hetero) is 1. The predicted molar refractivity (Wildman–Crippen MR) is 73.5 cm³/mol. The number of carbonyl (C=O) groups is 4. The fourth-order valence-corrected chi connectivity index (χ4v) is 1.29. The molecule has 0 heterocycles. The summed E-state index contributed by atoms with van der Waals surface area (Å²) < 4.78 is 0. The van der Waals surface area contributed by atoms with Gasteiger partial charge in [-0.2, -0.15) is 12.6 Å². The van der Waals surface area contributed by atoms with Crippen molar-refractivity contribution in [2.75, 3.05) is 18.8 Å². The first kappa shape index (κ1) is 18.2. The normalized spacial score (nSPS) is 12.9. The van der Waals surface area contributed by atoms with E-state index in [0.717, 1.165) is 0 Å². The maximum absolute atomic E-state index is 11.6. The van der Waals surface area contributed by atoms with Crippen LogP contribution < -0.4 is 21.7 Å². The van der Waals surface area contributed by atoms with E-state index >= 15 is 0 Å². The van der Waals surface area contributed by atoms with Gasteiger partial charge >= 0.3 is 12.0 Å². The highest BCUT2D eigenvalue weighted by molar-refractivity contribution is 7.80. The molecule has 3 amide bonds. The van der Waals surface area contributed by atoms with Gasteiger partial charge in [0, 0.05) is 12.3 Å². The third-order valence-corrected chi connectivity index (χ3v) is 2.48. The molecule has 0 aliphatic rings. The predicted octanol–water partition coefficient (Wildman–Crippen LogP) is -2.30. The molecule has 0 spiro atoms. The third-order valence-electron chi connectivity index (χ3n) is 2.12. The summed E-state index contributed by atoms with van der Waals surface area (Å²) in [6.45, 7) is 0.884. The number of hydrogen-bond acceptors (Lipinski definition) is 6. The van der Waals surface area contributed by atoms with Gasteiger partial charge in [0.25, 0.3) is 0 Å². The number of rotatable bonds is 8. The largest absolute Gasteiger partial charge is 0.480 e. The summed E-state index contributed by atoms with van der Waals surface area (Å²) in [6.07, 6.45) is 0. The zero-order valence-corrected chi connectivity index (χ0v) is 11.8. The van der Waals surface area contributed by atoms with E-state index in [2.05, 4.69) is 28.6 Å². The van der Waals surface area contributed by atoms with E-state index in [1.807, 2.05) is 0 Å². The van der Waals surface area contributed by atoms with Gasteiger partial charge in [0.1, 0.15) is 17.9 Å². The Bertz CT molecular complexity index is 390. The molecule has 20 heavy (non-hydrogen) atoms. The second-order valence-electron chi connectivity index (χ2n) is 3.95. The molecule has 0 aliphatic carbocycles. The van der Waals surface area contributed by atoms with Crippen LogP contribution in [0.25, 0.3) is 0 Å². The van der Waals surface area contributed by atoms with Gasteiger partial charge in [0.15, 0.2) is 0 Å². The van der Waals surface area contributed by atoms with Crippen molar-refractivity contribution in [2.45, 2.75) is 19.0 Å². The van der Waals surface area contributed by atoms with Crippen LogP contribution in [0.1, 0.15) is 6.92 Å². The molecule has 0 aromatic heterocycles. The van der Waals surface area contributed by atoms with Crippen LogP contribution in [0.4, 0.5) is 4.79 Å².